The highest BCUT2D eigenvalue weighted by atomic mass is 35.5. The fourth-order valence-electron chi connectivity index (χ4n) is 2.94. The standard InChI is InChI=1S/C17H23N3O3.ClH/c21-16(3-4-17(22)20-5-7-23-8-6-20)19-10-13-1-2-14-11-18-12-15(14)9-13;/h1-2,9,18H,3-8,10-12H2,(H,19,21);1H. The van der Waals surface area contributed by atoms with Gasteiger partial charge < -0.3 is 20.3 Å². The summed E-state index contributed by atoms with van der Waals surface area (Å²) in [4.78, 5) is 25.7. The first-order valence-corrected chi connectivity index (χ1v) is 8.16. The van der Waals surface area contributed by atoms with Gasteiger partial charge in [-0.3, -0.25) is 9.59 Å². The quantitative estimate of drug-likeness (QED) is 0.827. The van der Waals surface area contributed by atoms with Crippen molar-refractivity contribution in [3.05, 3.63) is 34.9 Å². The molecule has 0 saturated carbocycles. The van der Waals surface area contributed by atoms with Gasteiger partial charge in [0.2, 0.25) is 11.8 Å². The lowest BCUT2D eigenvalue weighted by Gasteiger charge is -2.26. The van der Waals surface area contributed by atoms with Gasteiger partial charge in [0.15, 0.2) is 0 Å². The molecule has 1 aromatic carbocycles. The molecule has 2 heterocycles. The molecule has 1 fully saturated rings. The van der Waals surface area contributed by atoms with Crippen molar-refractivity contribution in [3.63, 3.8) is 0 Å². The summed E-state index contributed by atoms with van der Waals surface area (Å²) < 4.78 is 5.22. The minimum atomic E-state index is -0.0785. The van der Waals surface area contributed by atoms with Crippen molar-refractivity contribution in [3.8, 4) is 0 Å². The molecule has 2 amide bonds. The second-order valence-corrected chi connectivity index (χ2v) is 5.98. The summed E-state index contributed by atoms with van der Waals surface area (Å²) >= 11 is 0. The van der Waals surface area contributed by atoms with E-state index in [0.717, 1.165) is 18.7 Å². The van der Waals surface area contributed by atoms with E-state index < -0.39 is 0 Å². The van der Waals surface area contributed by atoms with Gasteiger partial charge in [-0.25, -0.2) is 0 Å². The fourth-order valence-corrected chi connectivity index (χ4v) is 2.94. The van der Waals surface area contributed by atoms with Crippen molar-refractivity contribution in [2.75, 3.05) is 26.3 Å². The van der Waals surface area contributed by atoms with Crippen LogP contribution in [0.3, 0.4) is 0 Å². The van der Waals surface area contributed by atoms with Crippen LogP contribution >= 0.6 is 12.4 Å². The van der Waals surface area contributed by atoms with E-state index in [9.17, 15) is 9.59 Å². The number of fused-ring (bicyclic) bond motifs is 1. The molecule has 2 aliphatic rings. The number of hydrogen-bond acceptors (Lipinski definition) is 4. The molecule has 132 valence electrons. The normalized spacial score (nSPS) is 16.2. The van der Waals surface area contributed by atoms with Gasteiger partial charge in [0.25, 0.3) is 0 Å². The van der Waals surface area contributed by atoms with Crippen molar-refractivity contribution in [1.29, 1.82) is 0 Å². The minimum Gasteiger partial charge on any atom is -0.378 e. The molecule has 24 heavy (non-hydrogen) atoms. The molecule has 0 atom stereocenters. The molecule has 3 rings (SSSR count). The topological polar surface area (TPSA) is 70.7 Å². The van der Waals surface area contributed by atoms with Crippen LogP contribution in [0.25, 0.3) is 0 Å². The molecule has 0 aromatic heterocycles. The predicted molar refractivity (Wildman–Crippen MR) is 92.7 cm³/mol. The monoisotopic (exact) mass is 353 g/mol. The summed E-state index contributed by atoms with van der Waals surface area (Å²) in [5.74, 6) is -0.0442. The van der Waals surface area contributed by atoms with E-state index >= 15 is 0 Å². The zero-order valence-corrected chi connectivity index (χ0v) is 14.5. The Balaban J connectivity index is 0.00000208. The van der Waals surface area contributed by atoms with E-state index in [1.165, 1.54) is 11.1 Å². The number of hydrogen-bond donors (Lipinski definition) is 2. The lowest BCUT2D eigenvalue weighted by Crippen LogP contribution is -2.41. The molecule has 0 bridgehead atoms. The van der Waals surface area contributed by atoms with E-state index in [4.69, 9.17) is 4.74 Å². The van der Waals surface area contributed by atoms with Crippen molar-refractivity contribution >= 4 is 24.2 Å². The van der Waals surface area contributed by atoms with Gasteiger partial charge in [-0.15, -0.1) is 12.4 Å². The molecular weight excluding hydrogens is 330 g/mol. The number of carbonyl (C=O) groups is 2. The molecule has 0 unspecified atom stereocenters. The Hall–Kier alpha value is -1.63. The molecule has 2 aliphatic heterocycles. The third-order valence-electron chi connectivity index (χ3n) is 4.32. The number of morpholine rings is 1. The van der Waals surface area contributed by atoms with Gasteiger partial charge in [0, 0.05) is 45.6 Å². The zero-order chi connectivity index (χ0) is 16.1. The first-order chi connectivity index (χ1) is 11.2. The van der Waals surface area contributed by atoms with Crippen LogP contribution in [0.2, 0.25) is 0 Å². The molecule has 0 aliphatic carbocycles. The molecular formula is C17H24ClN3O3. The van der Waals surface area contributed by atoms with Crippen molar-refractivity contribution in [2.24, 2.45) is 0 Å². The highest BCUT2D eigenvalue weighted by Crippen LogP contribution is 2.16. The third kappa shape index (κ3) is 4.93. The molecule has 1 aromatic rings. The zero-order valence-electron chi connectivity index (χ0n) is 13.7. The van der Waals surface area contributed by atoms with Gasteiger partial charge in [-0.2, -0.15) is 0 Å². The Morgan fingerprint density at radius 1 is 1.12 bits per heavy atom. The van der Waals surface area contributed by atoms with Gasteiger partial charge in [0.05, 0.1) is 13.2 Å². The van der Waals surface area contributed by atoms with Crippen LogP contribution in [0, 0.1) is 0 Å². The highest BCUT2D eigenvalue weighted by molar-refractivity contribution is 5.85. The average molecular weight is 354 g/mol. The smallest absolute Gasteiger partial charge is 0.223 e. The Morgan fingerprint density at radius 3 is 2.67 bits per heavy atom. The number of benzene rings is 1. The molecule has 2 N–H and O–H groups in total. The fraction of sp³-hybridized carbons (Fsp3) is 0.529. The Morgan fingerprint density at radius 2 is 1.88 bits per heavy atom. The maximum atomic E-state index is 12.0. The van der Waals surface area contributed by atoms with E-state index in [-0.39, 0.29) is 37.1 Å². The van der Waals surface area contributed by atoms with Gasteiger partial charge in [0.1, 0.15) is 0 Å². The SMILES string of the molecule is Cl.O=C(CCC(=O)N1CCOCC1)NCc1ccc2c(c1)CNC2. The molecule has 0 radical (unpaired) electrons. The summed E-state index contributed by atoms with van der Waals surface area (Å²) in [5.41, 5.74) is 3.73. The van der Waals surface area contributed by atoms with Crippen LogP contribution in [-0.2, 0) is 34.0 Å². The highest BCUT2D eigenvalue weighted by Gasteiger charge is 2.17. The second kappa shape index (κ2) is 9.01. The van der Waals surface area contributed by atoms with E-state index in [1.54, 1.807) is 4.90 Å². The number of carbonyl (C=O) groups excluding carboxylic acids is 2. The first-order valence-electron chi connectivity index (χ1n) is 8.16. The van der Waals surface area contributed by atoms with E-state index in [0.29, 0.717) is 32.8 Å². The van der Waals surface area contributed by atoms with Gasteiger partial charge >= 0.3 is 0 Å². The number of rotatable bonds is 5. The van der Waals surface area contributed by atoms with Gasteiger partial charge in [-0.05, 0) is 16.7 Å². The van der Waals surface area contributed by atoms with Crippen LogP contribution in [0.5, 0.6) is 0 Å². The predicted octanol–water partition coefficient (Wildman–Crippen LogP) is 0.967. The Bertz CT molecular complexity index is 588. The van der Waals surface area contributed by atoms with Gasteiger partial charge in [-0.1, -0.05) is 18.2 Å². The van der Waals surface area contributed by atoms with Crippen LogP contribution in [-0.4, -0.2) is 43.0 Å². The summed E-state index contributed by atoms with van der Waals surface area (Å²) in [7, 11) is 0. The summed E-state index contributed by atoms with van der Waals surface area (Å²) in [6, 6.07) is 6.29. The number of halogens is 1. The Labute approximate surface area is 148 Å². The summed E-state index contributed by atoms with van der Waals surface area (Å²) in [6.07, 6.45) is 0.503. The lowest BCUT2D eigenvalue weighted by atomic mass is 10.1. The van der Waals surface area contributed by atoms with Crippen LogP contribution < -0.4 is 10.6 Å². The molecule has 1 saturated heterocycles. The maximum Gasteiger partial charge on any atom is 0.223 e. The van der Waals surface area contributed by atoms with E-state index in [2.05, 4.69) is 22.8 Å². The van der Waals surface area contributed by atoms with Crippen molar-refractivity contribution < 1.29 is 14.3 Å². The largest absolute Gasteiger partial charge is 0.378 e. The molecule has 7 heteroatoms. The number of ether oxygens (including phenoxy) is 1. The Kier molecular flexibility index (Phi) is 7.02. The lowest BCUT2D eigenvalue weighted by molar-refractivity contribution is -0.137. The average Bonchev–Trinajstić information content (AvgIpc) is 3.06. The number of nitrogens with one attached hydrogen (secondary N) is 2. The minimum absolute atomic E-state index is 0. The molecule has 6 nitrogen and oxygen atoms in total. The van der Waals surface area contributed by atoms with Crippen LogP contribution in [0.1, 0.15) is 29.5 Å². The summed E-state index contributed by atoms with van der Waals surface area (Å²) in [5, 5.41) is 6.20. The van der Waals surface area contributed by atoms with Crippen LogP contribution in [0.4, 0.5) is 0 Å². The number of nitrogens with zero attached hydrogens (tertiary/aromatic N) is 1. The van der Waals surface area contributed by atoms with Crippen LogP contribution in [0.15, 0.2) is 18.2 Å². The number of amides is 2. The van der Waals surface area contributed by atoms with Crippen molar-refractivity contribution in [2.45, 2.75) is 32.5 Å². The summed E-state index contributed by atoms with van der Waals surface area (Å²) in [6.45, 7) is 4.76. The molecule has 0 spiro atoms. The third-order valence-corrected chi connectivity index (χ3v) is 4.32. The first kappa shape index (κ1) is 18.7. The maximum absolute atomic E-state index is 12.0. The second-order valence-electron chi connectivity index (χ2n) is 5.98. The van der Waals surface area contributed by atoms with E-state index in [1.807, 2.05) is 6.07 Å². The van der Waals surface area contributed by atoms with Crippen molar-refractivity contribution in [1.82, 2.24) is 15.5 Å².